The summed E-state index contributed by atoms with van der Waals surface area (Å²) < 4.78 is 86.1. The maximum atomic E-state index is 13.4. The van der Waals surface area contributed by atoms with Crippen LogP contribution in [0, 0.1) is 0 Å². The van der Waals surface area contributed by atoms with Gasteiger partial charge in [0.2, 0.25) is 0 Å². The molecule has 3 aromatic rings. The monoisotopic (exact) mass is 637 g/mol. The average Bonchev–Trinajstić information content (AvgIpc) is 3.19. The van der Waals surface area contributed by atoms with Crippen LogP contribution in [-0.2, 0) is 28.8 Å². The van der Waals surface area contributed by atoms with E-state index in [1.165, 1.54) is 12.3 Å². The Kier molecular flexibility index (Phi) is 9.26. The van der Waals surface area contributed by atoms with E-state index in [-0.39, 0.29) is 36.4 Å². The Labute approximate surface area is 256 Å². The van der Waals surface area contributed by atoms with Crippen molar-refractivity contribution in [3.63, 3.8) is 0 Å². The SMILES string of the molecule is CCCc1cc(C(O)(C(F)(F)F)C(F)(F)F)ccc1Oc1ccc(CCN2C(=O)NC(C)(c3ccc(C(C)C)cc3)C2=O)nc1. The van der Waals surface area contributed by atoms with E-state index in [1.807, 2.05) is 24.3 Å². The normalized spacial score (nSPS) is 17.6. The van der Waals surface area contributed by atoms with Crippen LogP contribution < -0.4 is 10.1 Å². The van der Waals surface area contributed by atoms with Gasteiger partial charge < -0.3 is 15.2 Å². The van der Waals surface area contributed by atoms with E-state index in [4.69, 9.17) is 4.74 Å². The highest BCUT2D eigenvalue weighted by atomic mass is 19.4. The molecule has 13 heteroatoms. The lowest BCUT2D eigenvalue weighted by molar-refractivity contribution is -0.376. The molecule has 0 spiro atoms. The first-order chi connectivity index (χ1) is 20.9. The lowest BCUT2D eigenvalue weighted by atomic mass is 9.90. The zero-order chi connectivity index (χ0) is 33.4. The van der Waals surface area contributed by atoms with Crippen molar-refractivity contribution in [3.05, 3.63) is 88.7 Å². The van der Waals surface area contributed by atoms with Crippen LogP contribution in [-0.4, -0.2) is 45.8 Å². The third-order valence-corrected chi connectivity index (χ3v) is 7.86. The Morgan fingerprint density at radius 1 is 0.956 bits per heavy atom. The van der Waals surface area contributed by atoms with E-state index in [0.717, 1.165) is 16.5 Å². The number of hydrogen-bond acceptors (Lipinski definition) is 5. The number of nitrogens with zero attached hydrogens (tertiary/aromatic N) is 2. The van der Waals surface area contributed by atoms with E-state index in [0.29, 0.717) is 35.7 Å². The number of ether oxygens (including phenoxy) is 1. The molecule has 0 bridgehead atoms. The number of aliphatic hydroxyl groups is 1. The van der Waals surface area contributed by atoms with Crippen LogP contribution >= 0.6 is 0 Å². The Balaban J connectivity index is 1.46. The van der Waals surface area contributed by atoms with Gasteiger partial charge in [-0.15, -0.1) is 0 Å². The lowest BCUT2D eigenvalue weighted by Crippen LogP contribution is -2.53. The first-order valence-electron chi connectivity index (χ1n) is 14.3. The summed E-state index contributed by atoms with van der Waals surface area (Å²) in [5.41, 5.74) is -5.34. The lowest BCUT2D eigenvalue weighted by Gasteiger charge is -2.33. The number of aromatic nitrogens is 1. The zero-order valence-corrected chi connectivity index (χ0v) is 25.0. The van der Waals surface area contributed by atoms with E-state index in [1.54, 1.807) is 19.9 Å². The third-order valence-electron chi connectivity index (χ3n) is 7.86. The van der Waals surface area contributed by atoms with Gasteiger partial charge in [0.1, 0.15) is 17.0 Å². The van der Waals surface area contributed by atoms with Gasteiger partial charge in [0.05, 0.1) is 6.20 Å². The maximum Gasteiger partial charge on any atom is 0.430 e. The molecule has 1 aliphatic rings. The number of amides is 3. The number of urea groups is 1. The van der Waals surface area contributed by atoms with Gasteiger partial charge >= 0.3 is 18.4 Å². The summed E-state index contributed by atoms with van der Waals surface area (Å²) in [4.78, 5) is 31.4. The number of alkyl halides is 6. The van der Waals surface area contributed by atoms with Gasteiger partial charge in [-0.1, -0.05) is 57.5 Å². The molecular formula is C32H33F6N3O4. The quantitative estimate of drug-likeness (QED) is 0.180. The summed E-state index contributed by atoms with van der Waals surface area (Å²) in [6.07, 6.45) is -10.0. The second-order valence-corrected chi connectivity index (χ2v) is 11.4. The fourth-order valence-corrected chi connectivity index (χ4v) is 5.13. The number of benzene rings is 2. The third kappa shape index (κ3) is 6.49. The highest BCUT2D eigenvalue weighted by molar-refractivity contribution is 6.07. The Bertz CT molecular complexity index is 1520. The van der Waals surface area contributed by atoms with Crippen LogP contribution in [0.15, 0.2) is 60.8 Å². The van der Waals surface area contributed by atoms with Gasteiger partial charge in [-0.05, 0) is 60.2 Å². The summed E-state index contributed by atoms with van der Waals surface area (Å²) in [5.74, 6) is 0.0585. The fourth-order valence-electron chi connectivity index (χ4n) is 5.13. The van der Waals surface area contributed by atoms with Gasteiger partial charge in [-0.2, -0.15) is 26.3 Å². The van der Waals surface area contributed by atoms with E-state index >= 15 is 0 Å². The molecule has 1 saturated heterocycles. The molecule has 7 nitrogen and oxygen atoms in total. The largest absolute Gasteiger partial charge is 0.455 e. The van der Waals surface area contributed by atoms with E-state index < -0.39 is 41.0 Å². The maximum absolute atomic E-state index is 13.4. The predicted octanol–water partition coefficient (Wildman–Crippen LogP) is 7.27. The summed E-state index contributed by atoms with van der Waals surface area (Å²) >= 11 is 0. The number of halogens is 6. The molecule has 2 N–H and O–H groups in total. The molecule has 1 fully saturated rings. The van der Waals surface area contributed by atoms with Gasteiger partial charge in [-0.25, -0.2) is 4.79 Å². The highest BCUT2D eigenvalue weighted by Gasteiger charge is 2.71. The second kappa shape index (κ2) is 12.3. The minimum Gasteiger partial charge on any atom is -0.455 e. The van der Waals surface area contributed by atoms with Crippen LogP contribution in [0.3, 0.4) is 0 Å². The highest BCUT2D eigenvalue weighted by Crippen LogP contribution is 2.50. The molecule has 242 valence electrons. The molecule has 4 rings (SSSR count). The van der Waals surface area contributed by atoms with Gasteiger partial charge in [0.15, 0.2) is 0 Å². The van der Waals surface area contributed by atoms with Crippen molar-refractivity contribution >= 4 is 11.9 Å². The molecule has 1 aromatic heterocycles. The number of aryl methyl sites for hydroxylation is 1. The Hall–Kier alpha value is -4.13. The molecule has 45 heavy (non-hydrogen) atoms. The molecule has 2 aromatic carbocycles. The van der Waals surface area contributed by atoms with E-state index in [9.17, 15) is 41.0 Å². The summed E-state index contributed by atoms with van der Waals surface area (Å²) in [6.45, 7) is 7.48. The Morgan fingerprint density at radius 3 is 2.13 bits per heavy atom. The molecule has 1 unspecified atom stereocenters. The van der Waals surface area contributed by atoms with Crippen LogP contribution in [0.2, 0.25) is 0 Å². The van der Waals surface area contributed by atoms with Gasteiger partial charge in [0, 0.05) is 24.2 Å². The number of nitrogens with one attached hydrogen (secondary N) is 1. The molecule has 0 aliphatic carbocycles. The van der Waals surface area contributed by atoms with E-state index in [2.05, 4.69) is 24.1 Å². The van der Waals surface area contributed by atoms with Crippen LogP contribution in [0.4, 0.5) is 31.1 Å². The van der Waals surface area contributed by atoms with Crippen molar-refractivity contribution < 1.29 is 45.8 Å². The standard InChI is InChI=1S/C32H33F6N3O4/c1-5-6-21-17-23(30(44,31(33,34)35)32(36,37)38)11-14-26(21)45-25-13-12-24(39-18-25)15-16-41-27(42)29(4,40-28(41)43)22-9-7-20(8-10-22)19(2)3/h7-14,17-19,44H,5-6,15-16H2,1-4H3,(H,40,43). The Morgan fingerprint density at radius 2 is 1.60 bits per heavy atom. The molecule has 3 amide bonds. The molecule has 1 aliphatic heterocycles. The predicted molar refractivity (Wildman–Crippen MR) is 153 cm³/mol. The minimum atomic E-state index is -6.01. The van der Waals surface area contributed by atoms with Crippen LogP contribution in [0.1, 0.15) is 68.0 Å². The first kappa shape index (κ1) is 33.8. The zero-order valence-electron chi connectivity index (χ0n) is 25.0. The summed E-state index contributed by atoms with van der Waals surface area (Å²) in [6, 6.07) is 12.1. The number of hydrogen-bond donors (Lipinski definition) is 2. The van der Waals surface area contributed by atoms with Gasteiger partial charge in [0.25, 0.3) is 11.5 Å². The molecule has 0 radical (unpaired) electrons. The minimum absolute atomic E-state index is 0.00176. The number of pyridine rings is 1. The topological polar surface area (TPSA) is 91.8 Å². The molecule has 0 saturated carbocycles. The van der Waals surface area contributed by atoms with Crippen molar-refractivity contribution in [1.82, 2.24) is 15.2 Å². The first-order valence-corrected chi connectivity index (χ1v) is 14.3. The number of imide groups is 1. The summed E-state index contributed by atoms with van der Waals surface area (Å²) in [7, 11) is 0. The molecule has 1 atom stereocenters. The number of carbonyl (C=O) groups is 2. The van der Waals surface area contributed by atoms with Crippen molar-refractivity contribution in [2.45, 2.75) is 76.4 Å². The van der Waals surface area contributed by atoms with Crippen molar-refractivity contribution in [2.75, 3.05) is 6.54 Å². The number of rotatable bonds is 10. The van der Waals surface area contributed by atoms with Crippen LogP contribution in [0.5, 0.6) is 11.5 Å². The van der Waals surface area contributed by atoms with Gasteiger partial charge in [-0.3, -0.25) is 14.7 Å². The second-order valence-electron chi connectivity index (χ2n) is 11.4. The summed E-state index contributed by atoms with van der Waals surface area (Å²) in [5, 5.41) is 12.6. The number of carbonyl (C=O) groups excluding carboxylic acids is 2. The van der Waals surface area contributed by atoms with Crippen molar-refractivity contribution in [2.24, 2.45) is 0 Å². The van der Waals surface area contributed by atoms with Crippen molar-refractivity contribution in [3.8, 4) is 11.5 Å². The smallest absolute Gasteiger partial charge is 0.430 e. The van der Waals surface area contributed by atoms with Crippen molar-refractivity contribution in [1.29, 1.82) is 0 Å². The van der Waals surface area contributed by atoms with Crippen LogP contribution in [0.25, 0.3) is 0 Å². The average molecular weight is 638 g/mol. The molecular weight excluding hydrogens is 604 g/mol. The molecule has 2 heterocycles. The fraction of sp³-hybridized carbons (Fsp3) is 0.406.